The molecule has 0 bridgehead atoms. The summed E-state index contributed by atoms with van der Waals surface area (Å²) in [5.41, 5.74) is 2.32. The molecule has 6 heteroatoms. The SMILES string of the molecule is CCOc1cc(C#N)cc(I)c1OCC(=O)Nc1ccc(C)cc1. The van der Waals surface area contributed by atoms with E-state index < -0.39 is 0 Å². The van der Waals surface area contributed by atoms with E-state index >= 15 is 0 Å². The van der Waals surface area contributed by atoms with Gasteiger partial charge in [-0.2, -0.15) is 5.26 Å². The molecule has 0 saturated heterocycles. The van der Waals surface area contributed by atoms with Crippen molar-refractivity contribution in [1.82, 2.24) is 0 Å². The molecule has 0 aliphatic carbocycles. The minimum absolute atomic E-state index is 0.143. The van der Waals surface area contributed by atoms with Crippen molar-refractivity contribution in [2.45, 2.75) is 13.8 Å². The number of hydrogen-bond acceptors (Lipinski definition) is 4. The zero-order chi connectivity index (χ0) is 17.5. The molecule has 2 aromatic carbocycles. The van der Waals surface area contributed by atoms with Gasteiger partial charge in [-0.15, -0.1) is 0 Å². The average Bonchev–Trinajstić information content (AvgIpc) is 2.56. The molecule has 0 atom stereocenters. The highest BCUT2D eigenvalue weighted by atomic mass is 127. The lowest BCUT2D eigenvalue weighted by Gasteiger charge is -2.14. The van der Waals surface area contributed by atoms with E-state index in [9.17, 15) is 4.79 Å². The van der Waals surface area contributed by atoms with E-state index in [0.717, 1.165) is 9.13 Å². The van der Waals surface area contributed by atoms with E-state index in [1.807, 2.05) is 38.1 Å². The monoisotopic (exact) mass is 436 g/mol. The van der Waals surface area contributed by atoms with Crippen LogP contribution in [0, 0.1) is 21.8 Å². The smallest absolute Gasteiger partial charge is 0.262 e. The van der Waals surface area contributed by atoms with E-state index in [0.29, 0.717) is 29.4 Å². The minimum Gasteiger partial charge on any atom is -0.490 e. The van der Waals surface area contributed by atoms with Crippen molar-refractivity contribution >= 4 is 34.2 Å². The van der Waals surface area contributed by atoms with E-state index in [1.165, 1.54) is 0 Å². The molecule has 0 aliphatic rings. The predicted molar refractivity (Wildman–Crippen MR) is 100 cm³/mol. The van der Waals surface area contributed by atoms with Crippen molar-refractivity contribution < 1.29 is 14.3 Å². The molecule has 0 heterocycles. The van der Waals surface area contributed by atoms with Crippen LogP contribution >= 0.6 is 22.6 Å². The molecule has 0 saturated carbocycles. The summed E-state index contributed by atoms with van der Waals surface area (Å²) >= 11 is 2.06. The van der Waals surface area contributed by atoms with Crippen LogP contribution in [0.25, 0.3) is 0 Å². The fourth-order valence-electron chi connectivity index (χ4n) is 2.01. The first-order valence-electron chi connectivity index (χ1n) is 7.39. The highest BCUT2D eigenvalue weighted by Crippen LogP contribution is 2.34. The van der Waals surface area contributed by atoms with Crippen LogP contribution < -0.4 is 14.8 Å². The first-order chi connectivity index (χ1) is 11.5. The third kappa shape index (κ3) is 4.86. The summed E-state index contributed by atoms with van der Waals surface area (Å²) < 4.78 is 11.9. The number of nitriles is 1. The predicted octanol–water partition coefficient (Wildman–Crippen LogP) is 3.89. The Bertz CT molecular complexity index is 767. The number of ether oxygens (including phenoxy) is 2. The third-order valence-electron chi connectivity index (χ3n) is 3.12. The summed E-state index contributed by atoms with van der Waals surface area (Å²) in [5.74, 6) is 0.668. The largest absolute Gasteiger partial charge is 0.490 e. The Morgan fingerprint density at radius 2 is 1.96 bits per heavy atom. The molecule has 0 fully saturated rings. The maximum atomic E-state index is 12.0. The van der Waals surface area contributed by atoms with Gasteiger partial charge in [0.05, 0.1) is 21.8 Å². The van der Waals surface area contributed by atoms with Crippen LogP contribution in [0.4, 0.5) is 5.69 Å². The lowest BCUT2D eigenvalue weighted by atomic mass is 10.2. The van der Waals surface area contributed by atoms with Crippen molar-refractivity contribution in [1.29, 1.82) is 5.26 Å². The average molecular weight is 436 g/mol. The Kier molecular flexibility index (Phi) is 6.44. The zero-order valence-corrected chi connectivity index (χ0v) is 15.6. The van der Waals surface area contributed by atoms with Gasteiger partial charge >= 0.3 is 0 Å². The summed E-state index contributed by atoms with van der Waals surface area (Å²) in [6, 6.07) is 12.9. The summed E-state index contributed by atoms with van der Waals surface area (Å²) in [7, 11) is 0. The molecule has 0 spiro atoms. The number of nitrogens with zero attached hydrogens (tertiary/aromatic N) is 1. The second kappa shape index (κ2) is 8.55. The molecular formula is C18H17IN2O3. The number of anilines is 1. The Labute approximate surface area is 154 Å². The van der Waals surface area contributed by atoms with E-state index in [4.69, 9.17) is 14.7 Å². The molecule has 124 valence electrons. The molecule has 0 aromatic heterocycles. The van der Waals surface area contributed by atoms with Crippen LogP contribution in [0.15, 0.2) is 36.4 Å². The highest BCUT2D eigenvalue weighted by molar-refractivity contribution is 14.1. The lowest BCUT2D eigenvalue weighted by molar-refractivity contribution is -0.118. The van der Waals surface area contributed by atoms with Crippen LogP contribution in [0.5, 0.6) is 11.5 Å². The van der Waals surface area contributed by atoms with Crippen molar-refractivity contribution in [3.63, 3.8) is 0 Å². The van der Waals surface area contributed by atoms with Gasteiger partial charge in [-0.05, 0) is 54.6 Å². The summed E-state index contributed by atoms with van der Waals surface area (Å²) in [5, 5.41) is 11.8. The summed E-state index contributed by atoms with van der Waals surface area (Å²) in [6.45, 7) is 4.13. The molecular weight excluding hydrogens is 419 g/mol. The Morgan fingerprint density at radius 3 is 2.58 bits per heavy atom. The maximum Gasteiger partial charge on any atom is 0.262 e. The first-order valence-corrected chi connectivity index (χ1v) is 8.47. The number of hydrogen-bond donors (Lipinski definition) is 1. The van der Waals surface area contributed by atoms with Gasteiger partial charge in [-0.25, -0.2) is 0 Å². The van der Waals surface area contributed by atoms with Crippen LogP contribution in [0.3, 0.4) is 0 Å². The van der Waals surface area contributed by atoms with Crippen molar-refractivity contribution in [3.05, 3.63) is 51.1 Å². The van der Waals surface area contributed by atoms with E-state index in [2.05, 4.69) is 34.0 Å². The van der Waals surface area contributed by atoms with Gasteiger partial charge in [0.25, 0.3) is 5.91 Å². The number of benzene rings is 2. The fourth-order valence-corrected chi connectivity index (χ4v) is 2.76. The summed E-state index contributed by atoms with van der Waals surface area (Å²) in [4.78, 5) is 12.0. The highest BCUT2D eigenvalue weighted by Gasteiger charge is 2.14. The van der Waals surface area contributed by atoms with Crippen molar-refractivity contribution in [2.75, 3.05) is 18.5 Å². The normalized spacial score (nSPS) is 9.92. The summed E-state index contributed by atoms with van der Waals surface area (Å²) in [6.07, 6.45) is 0. The molecule has 24 heavy (non-hydrogen) atoms. The van der Waals surface area contributed by atoms with Gasteiger partial charge in [0.2, 0.25) is 0 Å². The Balaban J connectivity index is 2.06. The zero-order valence-electron chi connectivity index (χ0n) is 13.4. The topological polar surface area (TPSA) is 71.3 Å². The molecule has 2 aromatic rings. The van der Waals surface area contributed by atoms with Crippen LogP contribution in [0.1, 0.15) is 18.1 Å². The standard InChI is InChI=1S/C18H17IN2O3/c1-3-23-16-9-13(10-20)8-15(19)18(16)24-11-17(22)21-14-6-4-12(2)5-7-14/h4-9H,3,11H2,1-2H3,(H,21,22). The second-order valence-corrected chi connectivity index (χ2v) is 6.20. The number of aryl methyl sites for hydroxylation is 1. The molecule has 1 N–H and O–H groups in total. The number of halogens is 1. The molecule has 0 aliphatic heterocycles. The fraction of sp³-hybridized carbons (Fsp3) is 0.222. The van der Waals surface area contributed by atoms with Crippen molar-refractivity contribution in [3.8, 4) is 17.6 Å². The van der Waals surface area contributed by atoms with Gasteiger partial charge in [-0.1, -0.05) is 17.7 Å². The van der Waals surface area contributed by atoms with Crippen LogP contribution in [0.2, 0.25) is 0 Å². The Hall–Kier alpha value is -2.27. The number of amides is 1. The van der Waals surface area contributed by atoms with Gasteiger partial charge in [0.1, 0.15) is 0 Å². The molecule has 5 nitrogen and oxygen atoms in total. The van der Waals surface area contributed by atoms with Crippen LogP contribution in [-0.2, 0) is 4.79 Å². The lowest BCUT2D eigenvalue weighted by Crippen LogP contribution is -2.20. The van der Waals surface area contributed by atoms with Gasteiger partial charge in [0.15, 0.2) is 18.1 Å². The van der Waals surface area contributed by atoms with Gasteiger partial charge < -0.3 is 14.8 Å². The maximum absolute atomic E-state index is 12.0. The number of rotatable bonds is 6. The van der Waals surface area contributed by atoms with Gasteiger partial charge in [-0.3, -0.25) is 4.79 Å². The Morgan fingerprint density at radius 1 is 1.25 bits per heavy atom. The molecule has 0 radical (unpaired) electrons. The molecule has 1 amide bonds. The quantitative estimate of drug-likeness (QED) is 0.698. The number of carbonyl (C=O) groups excluding carboxylic acids is 1. The number of nitrogens with one attached hydrogen (secondary N) is 1. The van der Waals surface area contributed by atoms with Crippen LogP contribution in [-0.4, -0.2) is 19.1 Å². The van der Waals surface area contributed by atoms with E-state index in [1.54, 1.807) is 12.1 Å². The van der Waals surface area contributed by atoms with Crippen molar-refractivity contribution in [2.24, 2.45) is 0 Å². The molecule has 0 unspecified atom stereocenters. The second-order valence-electron chi connectivity index (χ2n) is 5.03. The minimum atomic E-state index is -0.263. The third-order valence-corrected chi connectivity index (χ3v) is 3.92. The molecule has 2 rings (SSSR count). The first kappa shape index (κ1) is 18.1. The van der Waals surface area contributed by atoms with Gasteiger partial charge in [0, 0.05) is 11.8 Å². The number of carbonyl (C=O) groups is 1. The van der Waals surface area contributed by atoms with E-state index in [-0.39, 0.29) is 12.5 Å².